The normalized spacial score (nSPS) is 17.7. The number of hydrogen-bond acceptors (Lipinski definition) is 8. The van der Waals surface area contributed by atoms with Crippen molar-refractivity contribution < 1.29 is 21.9 Å². The molecule has 2 fully saturated rings. The Bertz CT molecular complexity index is 1700. The van der Waals surface area contributed by atoms with Crippen LogP contribution in [0.5, 0.6) is 5.75 Å². The van der Waals surface area contributed by atoms with Gasteiger partial charge in [-0.1, -0.05) is 23.2 Å². The fraction of sp³-hybridized carbons (Fsp3) is 0.333. The van der Waals surface area contributed by atoms with Crippen LogP contribution in [0.25, 0.3) is 22.2 Å². The van der Waals surface area contributed by atoms with E-state index < -0.39 is 27.8 Å². The minimum atomic E-state index is -3.22. The van der Waals surface area contributed by atoms with E-state index in [2.05, 4.69) is 25.4 Å². The predicted octanol–water partition coefficient (Wildman–Crippen LogP) is 4.22. The largest absolute Gasteiger partial charge is 0.483 e. The van der Waals surface area contributed by atoms with Crippen LogP contribution in [-0.2, 0) is 10.0 Å². The number of ether oxygens (including phenoxy) is 1. The summed E-state index contributed by atoms with van der Waals surface area (Å²) in [6.07, 6.45) is 3.25. The first-order chi connectivity index (χ1) is 18.4. The molecule has 0 radical (unpaired) electrons. The molecular formula is C24H21Cl2F2N7O3S. The fourth-order valence-electron chi connectivity index (χ4n) is 5.13. The Hall–Kier alpha value is -3.13. The van der Waals surface area contributed by atoms with E-state index in [0.29, 0.717) is 53.9 Å². The van der Waals surface area contributed by atoms with Crippen LogP contribution in [0.3, 0.4) is 0 Å². The summed E-state index contributed by atoms with van der Waals surface area (Å²) in [6, 6.07) is 4.02. The molecular weight excluding hydrogens is 575 g/mol. The number of rotatable bonds is 6. The van der Waals surface area contributed by atoms with Gasteiger partial charge in [0.1, 0.15) is 11.8 Å². The number of fused-ring (bicyclic) bond motifs is 1. The zero-order valence-electron chi connectivity index (χ0n) is 20.6. The molecule has 4 aromatic rings. The van der Waals surface area contributed by atoms with Gasteiger partial charge in [0.05, 0.1) is 28.6 Å². The van der Waals surface area contributed by atoms with E-state index in [-0.39, 0.29) is 27.2 Å². The highest BCUT2D eigenvalue weighted by Gasteiger charge is 2.55. The molecule has 1 spiro atoms. The number of hydrogen-bond donors (Lipinski definition) is 1. The third-order valence-electron chi connectivity index (χ3n) is 7.06. The lowest BCUT2D eigenvalue weighted by Crippen LogP contribution is -2.73. The first-order valence-corrected chi connectivity index (χ1v) is 14.4. The van der Waals surface area contributed by atoms with Crippen molar-refractivity contribution in [3.63, 3.8) is 0 Å². The van der Waals surface area contributed by atoms with Crippen molar-refractivity contribution in [2.75, 3.05) is 37.3 Å². The first kappa shape index (κ1) is 26.1. The second-order valence-electron chi connectivity index (χ2n) is 9.97. The van der Waals surface area contributed by atoms with Crippen LogP contribution in [0.15, 0.2) is 30.6 Å². The molecule has 1 aromatic carbocycles. The Morgan fingerprint density at radius 3 is 2.51 bits per heavy atom. The molecule has 5 heterocycles. The standard InChI is InChI=1S/C24H21Cl2F2N7O3S/c1-12(20-15(25)7-30-33-22(20)26)38-19-4-14-18(5-16(19)27)31-32-21(14)13-3-17(28)23(29-6-13)34-8-24(9-34)10-35(11-24)39(2,36)37/h3-7,12H,8-11H2,1-2H3,(H,31,32)/t12-/m1/s1. The summed E-state index contributed by atoms with van der Waals surface area (Å²) in [7, 11) is -3.22. The summed E-state index contributed by atoms with van der Waals surface area (Å²) < 4.78 is 60.6. The maximum atomic E-state index is 15.2. The lowest BCUT2D eigenvalue weighted by Gasteiger charge is -2.59. The predicted molar refractivity (Wildman–Crippen MR) is 141 cm³/mol. The fourth-order valence-corrected chi connectivity index (χ4v) is 6.79. The van der Waals surface area contributed by atoms with Crippen LogP contribution in [0.4, 0.5) is 14.6 Å². The van der Waals surface area contributed by atoms with Gasteiger partial charge in [0.2, 0.25) is 10.0 Å². The number of anilines is 1. The zero-order chi connectivity index (χ0) is 27.7. The van der Waals surface area contributed by atoms with Crippen LogP contribution in [0, 0.1) is 17.0 Å². The third-order valence-corrected chi connectivity index (χ3v) is 8.84. The van der Waals surface area contributed by atoms with Gasteiger partial charge >= 0.3 is 0 Å². The van der Waals surface area contributed by atoms with Gasteiger partial charge in [-0.15, -0.1) is 5.10 Å². The summed E-state index contributed by atoms with van der Waals surface area (Å²) in [5.74, 6) is -1.08. The molecule has 0 aliphatic carbocycles. The Morgan fingerprint density at radius 2 is 1.85 bits per heavy atom. The van der Waals surface area contributed by atoms with Gasteiger partial charge in [-0.2, -0.15) is 10.2 Å². The molecule has 39 heavy (non-hydrogen) atoms. The summed E-state index contributed by atoms with van der Waals surface area (Å²) in [5.41, 5.74) is 1.34. The Labute approximate surface area is 231 Å². The lowest BCUT2D eigenvalue weighted by molar-refractivity contribution is 0.0390. The highest BCUT2D eigenvalue weighted by atomic mass is 35.5. The van der Waals surface area contributed by atoms with Crippen molar-refractivity contribution >= 4 is 49.9 Å². The molecule has 0 unspecified atom stereocenters. The number of sulfonamides is 1. The molecule has 10 nitrogen and oxygen atoms in total. The van der Waals surface area contributed by atoms with E-state index in [1.807, 2.05) is 0 Å². The number of aromatic nitrogens is 5. The van der Waals surface area contributed by atoms with Gasteiger partial charge in [-0.25, -0.2) is 26.5 Å². The van der Waals surface area contributed by atoms with E-state index in [4.69, 9.17) is 27.9 Å². The molecule has 6 rings (SSSR count). The lowest BCUT2D eigenvalue weighted by atomic mass is 9.74. The van der Waals surface area contributed by atoms with Crippen molar-refractivity contribution in [3.8, 4) is 17.0 Å². The Balaban J connectivity index is 1.23. The second-order valence-corrected chi connectivity index (χ2v) is 12.7. The van der Waals surface area contributed by atoms with Crippen LogP contribution in [-0.4, -0.2) is 70.5 Å². The molecule has 15 heteroatoms. The van der Waals surface area contributed by atoms with E-state index in [9.17, 15) is 12.8 Å². The quantitative estimate of drug-likeness (QED) is 0.352. The molecule has 3 aromatic heterocycles. The molecule has 0 amide bonds. The number of nitrogens with zero attached hydrogens (tertiary/aromatic N) is 6. The topological polar surface area (TPSA) is 117 Å². The molecule has 2 saturated heterocycles. The Morgan fingerprint density at radius 1 is 1.10 bits per heavy atom. The van der Waals surface area contributed by atoms with Crippen molar-refractivity contribution in [2.24, 2.45) is 5.41 Å². The van der Waals surface area contributed by atoms with Crippen LogP contribution in [0.1, 0.15) is 18.6 Å². The molecule has 2 aliphatic rings. The van der Waals surface area contributed by atoms with Gasteiger partial charge in [-0.3, -0.25) is 5.10 Å². The van der Waals surface area contributed by atoms with Crippen molar-refractivity contribution in [2.45, 2.75) is 13.0 Å². The highest BCUT2D eigenvalue weighted by Crippen LogP contribution is 2.43. The van der Waals surface area contributed by atoms with Crippen LogP contribution in [0.2, 0.25) is 10.2 Å². The molecule has 0 saturated carbocycles. The maximum Gasteiger partial charge on any atom is 0.211 e. The van der Waals surface area contributed by atoms with Crippen molar-refractivity contribution in [1.29, 1.82) is 0 Å². The third kappa shape index (κ3) is 4.56. The molecule has 0 bridgehead atoms. The monoisotopic (exact) mass is 595 g/mol. The second kappa shape index (κ2) is 9.22. The summed E-state index contributed by atoms with van der Waals surface area (Å²) in [5, 5.41) is 15.2. The zero-order valence-corrected chi connectivity index (χ0v) is 22.9. The SMILES string of the molecule is C[C@@H](Oc1cc2c(-c3cnc(N4CC5(C4)CN(S(C)(=O)=O)C5)c(F)c3)n[nH]c2cc1F)c1c(Cl)cnnc1Cl. The van der Waals surface area contributed by atoms with Crippen molar-refractivity contribution in [1.82, 2.24) is 29.7 Å². The molecule has 1 atom stereocenters. The van der Waals surface area contributed by atoms with E-state index >= 15 is 4.39 Å². The van der Waals surface area contributed by atoms with Crippen LogP contribution < -0.4 is 9.64 Å². The maximum absolute atomic E-state index is 15.2. The average molecular weight is 596 g/mol. The number of benzene rings is 1. The summed E-state index contributed by atoms with van der Waals surface area (Å²) >= 11 is 12.3. The minimum absolute atomic E-state index is 0.0419. The van der Waals surface area contributed by atoms with Gasteiger partial charge in [0.15, 0.2) is 28.4 Å². The first-order valence-electron chi connectivity index (χ1n) is 11.8. The number of aromatic amines is 1. The van der Waals surface area contributed by atoms with Crippen LogP contribution >= 0.6 is 23.2 Å². The number of H-pyrrole nitrogens is 1. The van der Waals surface area contributed by atoms with Crippen molar-refractivity contribution in [3.05, 3.63) is 58.0 Å². The van der Waals surface area contributed by atoms with Gasteiger partial charge < -0.3 is 9.64 Å². The molecule has 204 valence electrons. The minimum Gasteiger partial charge on any atom is -0.483 e. The van der Waals surface area contributed by atoms with E-state index in [1.165, 1.54) is 41.2 Å². The molecule has 1 N–H and O–H groups in total. The number of nitrogens with one attached hydrogen (secondary N) is 1. The number of pyridine rings is 1. The Kier molecular flexibility index (Phi) is 6.17. The number of halogens is 4. The summed E-state index contributed by atoms with van der Waals surface area (Å²) in [6.45, 7) is 3.54. The summed E-state index contributed by atoms with van der Waals surface area (Å²) in [4.78, 5) is 6.11. The van der Waals surface area contributed by atoms with E-state index in [1.54, 1.807) is 11.8 Å². The van der Waals surface area contributed by atoms with E-state index in [0.717, 1.165) is 0 Å². The van der Waals surface area contributed by atoms with Gasteiger partial charge in [0, 0.05) is 54.8 Å². The van der Waals surface area contributed by atoms with Gasteiger partial charge in [-0.05, 0) is 19.1 Å². The smallest absolute Gasteiger partial charge is 0.211 e. The highest BCUT2D eigenvalue weighted by molar-refractivity contribution is 7.88. The average Bonchev–Trinajstić information content (AvgIpc) is 3.20. The van der Waals surface area contributed by atoms with Gasteiger partial charge in [0.25, 0.3) is 0 Å². The molecule has 2 aliphatic heterocycles.